The molecule has 0 spiro atoms. The summed E-state index contributed by atoms with van der Waals surface area (Å²) < 4.78 is 0. The van der Waals surface area contributed by atoms with E-state index < -0.39 is 37.5 Å². The molecule has 8 heteroatoms. The minimum absolute atomic E-state index is 0.428. The van der Waals surface area contributed by atoms with Gasteiger partial charge in [0, 0.05) is 0 Å². The Morgan fingerprint density at radius 3 is 1.71 bits per heavy atom. The molecule has 0 unspecified atom stereocenters. The zero-order valence-corrected chi connectivity index (χ0v) is 7.25. The van der Waals surface area contributed by atoms with Gasteiger partial charge >= 0.3 is 11.9 Å². The van der Waals surface area contributed by atoms with E-state index in [0.717, 1.165) is 0 Å². The van der Waals surface area contributed by atoms with Gasteiger partial charge in [-0.1, -0.05) is 0 Å². The Bertz CT molecular complexity index is 212. The summed E-state index contributed by atoms with van der Waals surface area (Å²) in [4.78, 5) is 20.9. The smallest absolute Gasteiger partial charge is 0.317 e. The normalized spacial score (nSPS) is 11.7. The van der Waals surface area contributed by atoms with E-state index in [9.17, 15) is 9.59 Å². The van der Waals surface area contributed by atoms with Gasteiger partial charge in [0.05, 0.1) is 6.54 Å². The summed E-state index contributed by atoms with van der Waals surface area (Å²) in [6, 6.07) is 0. The predicted octanol–water partition coefficient (Wildman–Crippen LogP) is -2.95. The fourth-order valence-corrected chi connectivity index (χ4v) is 0.765. The summed E-state index contributed by atoms with van der Waals surface area (Å²) in [5.74, 6) is -5.39. The van der Waals surface area contributed by atoms with Gasteiger partial charge in [0.25, 0.3) is 0 Å². The van der Waals surface area contributed by atoms with E-state index in [-0.39, 0.29) is 0 Å². The van der Waals surface area contributed by atoms with E-state index in [1.807, 2.05) is 0 Å². The second-order valence-corrected chi connectivity index (χ2v) is 2.62. The quantitative estimate of drug-likeness (QED) is 0.291. The molecule has 0 aromatic carbocycles. The lowest BCUT2D eigenvalue weighted by atomic mass is 10.3. The van der Waals surface area contributed by atoms with Crippen molar-refractivity contribution >= 4 is 11.9 Å². The van der Waals surface area contributed by atoms with Crippen LogP contribution in [0.25, 0.3) is 0 Å². The monoisotopic (exact) mass is 208 g/mol. The molecule has 0 aliphatic heterocycles. The largest absolute Gasteiger partial charge is 0.480 e. The Hall–Kier alpha value is -1.22. The van der Waals surface area contributed by atoms with E-state index in [1.54, 1.807) is 0 Å². The molecule has 6 N–H and O–H groups in total. The third-order valence-electron chi connectivity index (χ3n) is 1.43. The van der Waals surface area contributed by atoms with Crippen molar-refractivity contribution in [3.8, 4) is 0 Å². The number of aliphatic hydroxyl groups is 2. The molecule has 0 saturated carbocycles. The number of rotatable bonds is 6. The van der Waals surface area contributed by atoms with Gasteiger partial charge in [-0.3, -0.25) is 9.59 Å². The van der Waals surface area contributed by atoms with Gasteiger partial charge in [0.1, 0.15) is 13.1 Å². The molecule has 0 aliphatic rings. The molecule has 82 valence electrons. The molecule has 0 radical (unpaired) electrons. The molecule has 0 saturated heterocycles. The van der Waals surface area contributed by atoms with Gasteiger partial charge in [-0.15, -0.1) is 0 Å². The minimum atomic E-state index is -2.63. The number of nitrogens with zero attached hydrogens (tertiary/aromatic N) is 1. The van der Waals surface area contributed by atoms with E-state index in [2.05, 4.69) is 0 Å². The topological polar surface area (TPSA) is 144 Å². The van der Waals surface area contributed by atoms with E-state index in [4.69, 9.17) is 26.2 Å². The van der Waals surface area contributed by atoms with Crippen molar-refractivity contribution in [2.45, 2.75) is 5.91 Å². The molecule has 0 fully saturated rings. The van der Waals surface area contributed by atoms with Crippen LogP contribution in [0, 0.1) is 0 Å². The van der Waals surface area contributed by atoms with E-state index >= 15 is 0 Å². The highest BCUT2D eigenvalue weighted by Crippen LogP contribution is 2.05. The van der Waals surface area contributed by atoms with Gasteiger partial charge in [-0.25, -0.2) is 4.90 Å². The van der Waals surface area contributed by atoms with Crippen LogP contribution in [0.15, 0.2) is 0 Å². The lowest BCUT2D eigenvalue weighted by molar-refractivity contribution is -0.256. The summed E-state index contributed by atoms with van der Waals surface area (Å²) in [6.45, 7) is -2.33. The SMILES string of the molecule is NCC(O)(O)N(CC(=O)O)CC(=O)O. The van der Waals surface area contributed by atoms with Crippen molar-refractivity contribution in [3.05, 3.63) is 0 Å². The van der Waals surface area contributed by atoms with Gasteiger partial charge in [0.15, 0.2) is 0 Å². The first kappa shape index (κ1) is 12.8. The highest BCUT2D eigenvalue weighted by atomic mass is 16.5. The summed E-state index contributed by atoms with van der Waals surface area (Å²) in [5, 5.41) is 34.9. The zero-order chi connectivity index (χ0) is 11.4. The summed E-state index contributed by atoms with van der Waals surface area (Å²) in [7, 11) is 0. The number of carbonyl (C=O) groups is 2. The Kier molecular flexibility index (Phi) is 4.44. The van der Waals surface area contributed by atoms with Crippen molar-refractivity contribution in [2.75, 3.05) is 19.6 Å². The number of nitrogens with two attached hydrogens (primary N) is 1. The summed E-state index contributed by atoms with van der Waals surface area (Å²) >= 11 is 0. The molecule has 0 bridgehead atoms. The van der Waals surface area contributed by atoms with Crippen molar-refractivity contribution in [2.24, 2.45) is 5.73 Å². The highest BCUT2D eigenvalue weighted by molar-refractivity contribution is 5.72. The first-order chi connectivity index (χ1) is 6.29. The fraction of sp³-hybridized carbons (Fsp3) is 0.667. The van der Waals surface area contributed by atoms with Crippen LogP contribution in [0.1, 0.15) is 0 Å². The molecule has 0 heterocycles. The Morgan fingerprint density at radius 1 is 1.14 bits per heavy atom. The number of carboxylic acid groups (broad SMARTS) is 2. The van der Waals surface area contributed by atoms with Crippen LogP contribution < -0.4 is 5.73 Å². The van der Waals surface area contributed by atoms with E-state index in [1.165, 1.54) is 0 Å². The summed E-state index contributed by atoms with van der Waals surface area (Å²) in [5.41, 5.74) is 4.93. The predicted molar refractivity (Wildman–Crippen MR) is 43.1 cm³/mol. The maximum absolute atomic E-state index is 10.3. The Morgan fingerprint density at radius 2 is 1.50 bits per heavy atom. The number of hydrogen-bond acceptors (Lipinski definition) is 6. The standard InChI is InChI=1S/C6H12N2O6/c7-3-6(13,14)8(1-4(9)10)2-5(11)12/h13-14H,1-3,7H2,(H,9,10)(H,11,12). The van der Waals surface area contributed by atoms with Crippen molar-refractivity contribution in [3.63, 3.8) is 0 Å². The van der Waals surface area contributed by atoms with Crippen LogP contribution in [-0.4, -0.2) is 62.8 Å². The Balaban J connectivity index is 4.53. The van der Waals surface area contributed by atoms with Gasteiger partial charge in [-0.2, -0.15) is 0 Å². The lowest BCUT2D eigenvalue weighted by Gasteiger charge is -2.31. The molecular formula is C6H12N2O6. The molecule has 0 atom stereocenters. The van der Waals surface area contributed by atoms with Crippen LogP contribution in [0.5, 0.6) is 0 Å². The van der Waals surface area contributed by atoms with Crippen LogP contribution in [-0.2, 0) is 9.59 Å². The third kappa shape index (κ3) is 4.14. The van der Waals surface area contributed by atoms with Gasteiger partial charge in [-0.05, 0) is 0 Å². The molecule has 14 heavy (non-hydrogen) atoms. The molecule has 0 aromatic heterocycles. The molecule has 0 aromatic rings. The van der Waals surface area contributed by atoms with Crippen molar-refractivity contribution < 1.29 is 30.0 Å². The first-order valence-electron chi connectivity index (χ1n) is 3.63. The van der Waals surface area contributed by atoms with Crippen molar-refractivity contribution in [1.29, 1.82) is 0 Å². The van der Waals surface area contributed by atoms with E-state index in [0.29, 0.717) is 4.90 Å². The maximum atomic E-state index is 10.3. The molecule has 0 amide bonds. The van der Waals surface area contributed by atoms with Gasteiger partial charge < -0.3 is 26.2 Å². The molecule has 0 rings (SSSR count). The zero-order valence-electron chi connectivity index (χ0n) is 7.25. The maximum Gasteiger partial charge on any atom is 0.317 e. The minimum Gasteiger partial charge on any atom is -0.480 e. The highest BCUT2D eigenvalue weighted by Gasteiger charge is 2.33. The van der Waals surface area contributed by atoms with Crippen LogP contribution in [0.2, 0.25) is 0 Å². The molecule has 0 aliphatic carbocycles. The number of hydrogen-bond donors (Lipinski definition) is 5. The molecular weight excluding hydrogens is 196 g/mol. The van der Waals surface area contributed by atoms with Gasteiger partial charge in [0.2, 0.25) is 5.91 Å². The average molecular weight is 208 g/mol. The third-order valence-corrected chi connectivity index (χ3v) is 1.43. The fourth-order valence-electron chi connectivity index (χ4n) is 0.765. The Labute approximate surface area is 79.2 Å². The average Bonchev–Trinajstić information content (AvgIpc) is 2.01. The number of aliphatic carboxylic acids is 2. The summed E-state index contributed by atoms with van der Waals surface area (Å²) in [6.07, 6.45) is 0. The van der Waals surface area contributed by atoms with Crippen molar-refractivity contribution in [1.82, 2.24) is 4.90 Å². The van der Waals surface area contributed by atoms with Crippen LogP contribution >= 0.6 is 0 Å². The second kappa shape index (κ2) is 4.86. The van der Waals surface area contributed by atoms with Crippen LogP contribution in [0.4, 0.5) is 0 Å². The first-order valence-corrected chi connectivity index (χ1v) is 3.63. The second-order valence-electron chi connectivity index (χ2n) is 2.62. The number of carboxylic acids is 2. The lowest BCUT2D eigenvalue weighted by Crippen LogP contribution is -2.57. The molecule has 8 nitrogen and oxygen atoms in total. The van der Waals surface area contributed by atoms with Crippen LogP contribution in [0.3, 0.4) is 0 Å².